The van der Waals surface area contributed by atoms with E-state index in [1.54, 1.807) is 28.9 Å². The van der Waals surface area contributed by atoms with Crippen LogP contribution in [0.15, 0.2) is 69.5 Å². The highest BCUT2D eigenvalue weighted by Crippen LogP contribution is 2.36. The van der Waals surface area contributed by atoms with E-state index in [1.165, 1.54) is 18.4 Å². The van der Waals surface area contributed by atoms with Crippen LogP contribution in [0.1, 0.15) is 44.7 Å². The van der Waals surface area contributed by atoms with E-state index >= 15 is 0 Å². The third-order valence-electron chi connectivity index (χ3n) is 8.70. The molecular formula is C35H45Cl3N4O6S2. The number of halogens is 3. The number of hydrogen-bond acceptors (Lipinski definition) is 8. The van der Waals surface area contributed by atoms with Crippen molar-refractivity contribution >= 4 is 66.3 Å². The Kier molecular flexibility index (Phi) is 13.5. The fraction of sp³-hybridized carbons (Fsp3) is 0.486. The average Bonchev–Trinajstić information content (AvgIpc) is 3.03. The number of carbonyl (C=O) groups excluding carboxylic acids is 1. The summed E-state index contributed by atoms with van der Waals surface area (Å²) >= 11 is 19.0. The summed E-state index contributed by atoms with van der Waals surface area (Å²) in [7, 11) is -6.86. The molecule has 2 aromatic carbocycles. The van der Waals surface area contributed by atoms with Gasteiger partial charge >= 0.3 is 6.03 Å². The number of benzene rings is 2. The highest BCUT2D eigenvalue weighted by Gasteiger charge is 2.35. The third kappa shape index (κ3) is 10.9. The molecule has 2 aliphatic rings. The highest BCUT2D eigenvalue weighted by molar-refractivity contribution is 7.91. The van der Waals surface area contributed by atoms with Crippen molar-refractivity contribution in [2.24, 2.45) is 10.9 Å². The van der Waals surface area contributed by atoms with Gasteiger partial charge in [0.2, 0.25) is 0 Å². The van der Waals surface area contributed by atoms with Crippen LogP contribution in [0, 0.1) is 5.92 Å². The van der Waals surface area contributed by atoms with Crippen molar-refractivity contribution in [3.63, 3.8) is 0 Å². The Labute approximate surface area is 311 Å². The molecule has 1 unspecified atom stereocenters. The number of nitrogens with zero attached hydrogens (tertiary/aromatic N) is 4. The molecule has 1 aliphatic heterocycles. The normalized spacial score (nSPS) is 17.8. The second-order valence-electron chi connectivity index (χ2n) is 13.2. The molecular weight excluding hydrogens is 743 g/mol. The van der Waals surface area contributed by atoms with E-state index in [4.69, 9.17) is 44.5 Å². The van der Waals surface area contributed by atoms with Crippen LogP contribution in [0.5, 0.6) is 5.75 Å². The number of aliphatic imine (C=N–C) groups is 1. The van der Waals surface area contributed by atoms with Crippen LogP contribution in [0.25, 0.3) is 0 Å². The van der Waals surface area contributed by atoms with Crippen molar-refractivity contribution in [3.8, 4) is 5.75 Å². The van der Waals surface area contributed by atoms with Gasteiger partial charge in [-0.2, -0.15) is 0 Å². The zero-order valence-corrected chi connectivity index (χ0v) is 32.9. The van der Waals surface area contributed by atoms with Gasteiger partial charge in [0.25, 0.3) is 0 Å². The Morgan fingerprint density at radius 1 is 1.02 bits per heavy atom. The summed E-state index contributed by atoms with van der Waals surface area (Å²) in [6.45, 7) is 8.59. The largest absolute Gasteiger partial charge is 0.493 e. The van der Waals surface area contributed by atoms with Crippen LogP contribution < -0.4 is 4.74 Å². The number of amidine groups is 1. The van der Waals surface area contributed by atoms with E-state index in [0.717, 1.165) is 11.8 Å². The SMILES string of the molecule is CCOc1cc(Cl)c(S(C)(=O)=O)cc1/C(=N/C(C)(C)C1C=CC(Cl)=CC1)N(Cc1ccc(Cl)cc1)C(=O)N1CCN(CCCS(C)(=O)=O)CC1. The summed E-state index contributed by atoms with van der Waals surface area (Å²) < 4.78 is 55.3. The van der Waals surface area contributed by atoms with Gasteiger partial charge in [-0.3, -0.25) is 14.8 Å². The summed E-state index contributed by atoms with van der Waals surface area (Å²) in [6.07, 6.45) is 9.17. The van der Waals surface area contributed by atoms with Crippen LogP contribution >= 0.6 is 34.8 Å². The van der Waals surface area contributed by atoms with Crippen LogP contribution in [-0.4, -0.2) is 107 Å². The first-order valence-corrected chi connectivity index (χ1v) is 21.5. The monoisotopic (exact) mass is 786 g/mol. The molecule has 0 spiro atoms. The minimum Gasteiger partial charge on any atom is -0.493 e. The maximum Gasteiger partial charge on any atom is 0.326 e. The van der Waals surface area contributed by atoms with Crippen molar-refractivity contribution in [1.29, 1.82) is 0 Å². The highest BCUT2D eigenvalue weighted by atomic mass is 35.5. The van der Waals surface area contributed by atoms with Crippen LogP contribution in [0.3, 0.4) is 0 Å². The lowest BCUT2D eigenvalue weighted by atomic mass is 9.83. The average molecular weight is 788 g/mol. The van der Waals surface area contributed by atoms with E-state index in [9.17, 15) is 21.6 Å². The minimum absolute atomic E-state index is 0.00382. The molecule has 2 amide bonds. The van der Waals surface area contributed by atoms with Gasteiger partial charge < -0.3 is 9.64 Å². The maximum atomic E-state index is 14.8. The number of piperazine rings is 1. The van der Waals surface area contributed by atoms with Gasteiger partial charge in [0.1, 0.15) is 21.4 Å². The molecule has 1 aliphatic carbocycles. The quantitative estimate of drug-likeness (QED) is 0.174. The smallest absolute Gasteiger partial charge is 0.326 e. The zero-order chi connectivity index (χ0) is 36.9. The molecule has 1 saturated heterocycles. The summed E-state index contributed by atoms with van der Waals surface area (Å²) in [5.74, 6) is 0.518. The number of hydrogen-bond donors (Lipinski definition) is 0. The van der Waals surface area contributed by atoms with Gasteiger partial charge in [0.15, 0.2) is 9.84 Å². The number of carbonyl (C=O) groups is 1. The van der Waals surface area contributed by atoms with Crippen molar-refractivity contribution in [2.45, 2.75) is 50.6 Å². The number of amides is 2. The molecule has 1 heterocycles. The van der Waals surface area contributed by atoms with Gasteiger partial charge in [-0.05, 0) is 70.0 Å². The van der Waals surface area contributed by atoms with E-state index in [2.05, 4.69) is 4.90 Å². The molecule has 50 heavy (non-hydrogen) atoms. The van der Waals surface area contributed by atoms with E-state index in [1.807, 2.05) is 44.2 Å². The molecule has 4 rings (SSSR count). The van der Waals surface area contributed by atoms with E-state index in [-0.39, 0.29) is 52.4 Å². The van der Waals surface area contributed by atoms with Crippen molar-refractivity contribution in [2.75, 3.05) is 57.6 Å². The van der Waals surface area contributed by atoms with Gasteiger partial charge in [-0.1, -0.05) is 59.1 Å². The molecule has 0 N–H and O–H groups in total. The molecule has 1 atom stereocenters. The van der Waals surface area contributed by atoms with Gasteiger partial charge in [-0.15, -0.1) is 0 Å². The lowest BCUT2D eigenvalue weighted by molar-refractivity contribution is 0.125. The third-order valence-corrected chi connectivity index (χ3v) is 11.8. The number of urea groups is 1. The fourth-order valence-electron chi connectivity index (χ4n) is 5.90. The van der Waals surface area contributed by atoms with E-state index in [0.29, 0.717) is 61.2 Å². The van der Waals surface area contributed by atoms with Gasteiger partial charge in [0, 0.05) is 60.7 Å². The maximum absolute atomic E-state index is 14.8. The lowest BCUT2D eigenvalue weighted by Crippen LogP contribution is -2.54. The Bertz CT molecular complexity index is 1850. The molecule has 0 aromatic heterocycles. The number of allylic oxidation sites excluding steroid dienone is 3. The van der Waals surface area contributed by atoms with Crippen molar-refractivity contribution in [1.82, 2.24) is 14.7 Å². The predicted octanol–water partition coefficient (Wildman–Crippen LogP) is 6.69. The minimum atomic E-state index is -3.79. The number of rotatable bonds is 12. The predicted molar refractivity (Wildman–Crippen MR) is 202 cm³/mol. The Morgan fingerprint density at radius 3 is 2.24 bits per heavy atom. The van der Waals surface area contributed by atoms with Crippen molar-refractivity contribution in [3.05, 3.63) is 80.8 Å². The van der Waals surface area contributed by atoms with Gasteiger partial charge in [-0.25, -0.2) is 21.6 Å². The Balaban J connectivity index is 1.85. The molecule has 0 radical (unpaired) electrons. The van der Waals surface area contributed by atoms with Gasteiger partial charge in [0.05, 0.1) is 39.9 Å². The molecule has 0 saturated carbocycles. The molecule has 1 fully saturated rings. The lowest BCUT2D eigenvalue weighted by Gasteiger charge is -2.39. The molecule has 274 valence electrons. The zero-order valence-electron chi connectivity index (χ0n) is 29.0. The number of sulfone groups is 2. The summed E-state index contributed by atoms with van der Waals surface area (Å²) in [5, 5.41) is 1.17. The first kappa shape index (κ1) is 40.2. The van der Waals surface area contributed by atoms with Crippen LogP contribution in [-0.2, 0) is 26.2 Å². The van der Waals surface area contributed by atoms with Crippen LogP contribution in [0.2, 0.25) is 10.0 Å². The molecule has 15 heteroatoms. The summed E-state index contributed by atoms with van der Waals surface area (Å²) in [6, 6.07) is 9.72. The standard InChI is InChI=1S/C35H45Cl3N4O6S2/c1-6-48-31-23-30(38)32(50(5,46)47)22-29(31)33(39-35(2,3)26-10-14-28(37)15-11-26)42(24-25-8-12-27(36)13-9-25)34(43)41-19-17-40(18-20-41)16-7-21-49(4,44)45/h8-10,12-15,22-23,26H,6-7,11,16-21,24H2,1-5H3/b39-33-. The molecule has 10 nitrogen and oxygen atoms in total. The topological polar surface area (TPSA) is 117 Å². The number of ether oxygens (including phenoxy) is 1. The van der Waals surface area contributed by atoms with Crippen LogP contribution in [0.4, 0.5) is 4.79 Å². The fourth-order valence-corrected chi connectivity index (χ4v) is 8.16. The van der Waals surface area contributed by atoms with Crippen molar-refractivity contribution < 1.29 is 26.4 Å². The Hall–Kier alpha value is -2.61. The summed E-state index contributed by atoms with van der Waals surface area (Å²) in [5.41, 5.74) is 0.278. The summed E-state index contributed by atoms with van der Waals surface area (Å²) in [4.78, 5) is 25.4. The second kappa shape index (κ2) is 16.8. The van der Waals surface area contributed by atoms with E-state index < -0.39 is 25.2 Å². The molecule has 0 bridgehead atoms. The first-order chi connectivity index (χ1) is 23.4. The Morgan fingerprint density at radius 2 is 1.68 bits per heavy atom. The second-order valence-corrected chi connectivity index (χ2v) is 18.7. The molecule has 2 aromatic rings. The first-order valence-electron chi connectivity index (χ1n) is 16.4.